The molecule has 0 spiro atoms. The molecular weight excluding hydrogens is 205 g/mol. The van der Waals surface area contributed by atoms with Crippen LogP contribution in [0.4, 0.5) is 4.39 Å². The molecule has 1 unspecified atom stereocenters. The molecule has 1 aliphatic rings. The van der Waals surface area contributed by atoms with Crippen LogP contribution in [0.5, 0.6) is 5.75 Å². The van der Waals surface area contributed by atoms with Crippen molar-refractivity contribution in [3.8, 4) is 5.75 Å². The molecule has 1 aliphatic carbocycles. The van der Waals surface area contributed by atoms with Crippen molar-refractivity contribution in [1.29, 1.82) is 5.41 Å². The lowest BCUT2D eigenvalue weighted by Crippen LogP contribution is -2.15. The molecular formula is C13H14FNO. The van der Waals surface area contributed by atoms with Crippen molar-refractivity contribution in [3.05, 3.63) is 41.7 Å². The topological polar surface area (TPSA) is 33.1 Å². The predicted octanol–water partition coefficient (Wildman–Crippen LogP) is 3.33. The first-order chi connectivity index (χ1) is 7.70. The summed E-state index contributed by atoms with van der Waals surface area (Å²) in [6.07, 6.45) is 3.45. The largest absolute Gasteiger partial charge is 0.486 e. The van der Waals surface area contributed by atoms with Crippen LogP contribution in [0.3, 0.4) is 0 Å². The molecule has 16 heavy (non-hydrogen) atoms. The molecule has 1 saturated carbocycles. The predicted molar refractivity (Wildman–Crippen MR) is 61.5 cm³/mol. The molecule has 0 aliphatic heterocycles. The van der Waals surface area contributed by atoms with Gasteiger partial charge >= 0.3 is 0 Å². The average Bonchev–Trinajstić information content (AvgIpc) is 2.63. The van der Waals surface area contributed by atoms with Crippen LogP contribution in [0.2, 0.25) is 0 Å². The molecule has 1 aromatic rings. The highest BCUT2D eigenvalue weighted by molar-refractivity contribution is 6.00. The van der Waals surface area contributed by atoms with Crippen molar-refractivity contribution < 1.29 is 9.13 Å². The SMILES string of the molecule is C/C=C1\C(=N)CCC1Oc1ccc(F)cc1. The van der Waals surface area contributed by atoms with Gasteiger partial charge in [0.25, 0.3) is 0 Å². The third-order valence-corrected chi connectivity index (χ3v) is 2.75. The standard InChI is InChI=1S/C13H14FNO/c1-2-11-12(15)7-8-13(11)16-10-5-3-9(14)4-6-10/h2-6,13,15H,7-8H2,1H3/b11-2+,15-12?. The van der Waals surface area contributed by atoms with Crippen LogP contribution in [-0.2, 0) is 0 Å². The fourth-order valence-corrected chi connectivity index (χ4v) is 1.93. The summed E-state index contributed by atoms with van der Waals surface area (Å²) in [6.45, 7) is 1.91. The van der Waals surface area contributed by atoms with Gasteiger partial charge in [0.05, 0.1) is 0 Å². The van der Waals surface area contributed by atoms with Gasteiger partial charge in [-0.15, -0.1) is 0 Å². The number of nitrogens with one attached hydrogen (secondary N) is 1. The monoisotopic (exact) mass is 219 g/mol. The molecule has 3 heteroatoms. The van der Waals surface area contributed by atoms with Gasteiger partial charge in [-0.3, -0.25) is 0 Å². The highest BCUT2D eigenvalue weighted by Gasteiger charge is 2.26. The Morgan fingerprint density at radius 3 is 2.69 bits per heavy atom. The molecule has 2 nitrogen and oxygen atoms in total. The maximum Gasteiger partial charge on any atom is 0.125 e. The molecule has 1 fully saturated rings. The molecule has 1 aromatic carbocycles. The van der Waals surface area contributed by atoms with Gasteiger partial charge in [0.15, 0.2) is 0 Å². The van der Waals surface area contributed by atoms with Crippen LogP contribution in [0, 0.1) is 11.2 Å². The lowest BCUT2D eigenvalue weighted by molar-refractivity contribution is 0.244. The second-order valence-electron chi connectivity index (χ2n) is 3.82. The fourth-order valence-electron chi connectivity index (χ4n) is 1.93. The molecule has 1 atom stereocenters. The summed E-state index contributed by atoms with van der Waals surface area (Å²) >= 11 is 0. The van der Waals surface area contributed by atoms with E-state index in [-0.39, 0.29) is 11.9 Å². The van der Waals surface area contributed by atoms with E-state index in [4.69, 9.17) is 10.1 Å². The van der Waals surface area contributed by atoms with E-state index in [0.717, 1.165) is 18.4 Å². The maximum absolute atomic E-state index is 12.7. The van der Waals surface area contributed by atoms with E-state index in [1.807, 2.05) is 13.0 Å². The fraction of sp³-hybridized carbons (Fsp3) is 0.308. The first-order valence-electron chi connectivity index (χ1n) is 5.37. The summed E-state index contributed by atoms with van der Waals surface area (Å²) in [4.78, 5) is 0. The van der Waals surface area contributed by atoms with E-state index in [1.54, 1.807) is 12.1 Å². The highest BCUT2D eigenvalue weighted by Crippen LogP contribution is 2.26. The number of rotatable bonds is 2. The van der Waals surface area contributed by atoms with E-state index < -0.39 is 0 Å². The normalized spacial score (nSPS) is 22.8. The summed E-state index contributed by atoms with van der Waals surface area (Å²) in [6, 6.07) is 5.99. The van der Waals surface area contributed by atoms with Crippen molar-refractivity contribution in [2.45, 2.75) is 25.9 Å². The Morgan fingerprint density at radius 1 is 1.38 bits per heavy atom. The van der Waals surface area contributed by atoms with Crippen LogP contribution in [0.25, 0.3) is 0 Å². The number of benzene rings is 1. The summed E-state index contributed by atoms with van der Waals surface area (Å²) < 4.78 is 18.4. The lowest BCUT2D eigenvalue weighted by Gasteiger charge is -2.14. The highest BCUT2D eigenvalue weighted by atomic mass is 19.1. The minimum atomic E-state index is -0.266. The summed E-state index contributed by atoms with van der Waals surface area (Å²) in [5.41, 5.74) is 1.60. The Hall–Kier alpha value is -1.64. The Bertz CT molecular complexity index is 422. The van der Waals surface area contributed by atoms with Gasteiger partial charge in [0.1, 0.15) is 17.7 Å². The van der Waals surface area contributed by atoms with E-state index in [2.05, 4.69) is 0 Å². The number of halogens is 1. The Labute approximate surface area is 94.3 Å². The van der Waals surface area contributed by atoms with Gasteiger partial charge in [0.2, 0.25) is 0 Å². The van der Waals surface area contributed by atoms with Crippen molar-refractivity contribution >= 4 is 5.71 Å². The molecule has 0 bridgehead atoms. The number of ether oxygens (including phenoxy) is 1. The van der Waals surface area contributed by atoms with Crippen molar-refractivity contribution in [2.75, 3.05) is 0 Å². The van der Waals surface area contributed by atoms with Gasteiger partial charge in [-0.05, 0) is 44.0 Å². The number of allylic oxidation sites excluding steroid dienone is 1. The van der Waals surface area contributed by atoms with E-state index in [0.29, 0.717) is 11.5 Å². The zero-order valence-electron chi connectivity index (χ0n) is 9.16. The average molecular weight is 219 g/mol. The molecule has 0 aromatic heterocycles. The van der Waals surface area contributed by atoms with E-state index >= 15 is 0 Å². The number of hydrogen-bond donors (Lipinski definition) is 1. The third kappa shape index (κ3) is 2.13. The van der Waals surface area contributed by atoms with Gasteiger partial charge in [-0.2, -0.15) is 0 Å². The smallest absolute Gasteiger partial charge is 0.125 e. The first-order valence-corrected chi connectivity index (χ1v) is 5.37. The molecule has 1 N–H and O–H groups in total. The van der Waals surface area contributed by atoms with Crippen LogP contribution < -0.4 is 4.74 Å². The summed E-state index contributed by atoms with van der Waals surface area (Å²) in [5, 5.41) is 7.73. The van der Waals surface area contributed by atoms with Gasteiger partial charge in [-0.1, -0.05) is 6.08 Å². The van der Waals surface area contributed by atoms with Crippen molar-refractivity contribution in [3.63, 3.8) is 0 Å². The molecule has 0 heterocycles. The van der Waals surface area contributed by atoms with Gasteiger partial charge < -0.3 is 10.1 Å². The maximum atomic E-state index is 12.7. The molecule has 84 valence electrons. The minimum Gasteiger partial charge on any atom is -0.486 e. The Morgan fingerprint density at radius 2 is 2.06 bits per heavy atom. The van der Waals surface area contributed by atoms with Gasteiger partial charge in [-0.25, -0.2) is 4.39 Å². The Balaban J connectivity index is 2.11. The number of hydrogen-bond acceptors (Lipinski definition) is 2. The second-order valence-corrected chi connectivity index (χ2v) is 3.82. The zero-order valence-corrected chi connectivity index (χ0v) is 9.16. The quantitative estimate of drug-likeness (QED) is 0.813. The first kappa shape index (κ1) is 10.9. The van der Waals surface area contributed by atoms with E-state index in [1.165, 1.54) is 12.1 Å². The molecule has 2 rings (SSSR count). The molecule has 0 amide bonds. The Kier molecular flexibility index (Phi) is 3.04. The van der Waals surface area contributed by atoms with E-state index in [9.17, 15) is 4.39 Å². The van der Waals surface area contributed by atoms with Crippen LogP contribution in [-0.4, -0.2) is 11.8 Å². The third-order valence-electron chi connectivity index (χ3n) is 2.75. The molecule has 0 saturated heterocycles. The van der Waals surface area contributed by atoms with Gasteiger partial charge in [0, 0.05) is 11.3 Å². The summed E-state index contributed by atoms with van der Waals surface area (Å²) in [5.74, 6) is 0.387. The lowest BCUT2D eigenvalue weighted by atomic mass is 10.1. The summed E-state index contributed by atoms with van der Waals surface area (Å²) in [7, 11) is 0. The van der Waals surface area contributed by atoms with Crippen LogP contribution in [0.1, 0.15) is 19.8 Å². The zero-order chi connectivity index (χ0) is 11.5. The second kappa shape index (κ2) is 4.47. The van der Waals surface area contributed by atoms with Crippen molar-refractivity contribution in [2.24, 2.45) is 0 Å². The van der Waals surface area contributed by atoms with Crippen molar-refractivity contribution in [1.82, 2.24) is 0 Å². The van der Waals surface area contributed by atoms with Crippen LogP contribution >= 0.6 is 0 Å². The molecule has 0 radical (unpaired) electrons. The minimum absolute atomic E-state index is 0.0528. The van der Waals surface area contributed by atoms with Crippen LogP contribution in [0.15, 0.2) is 35.9 Å².